The fourth-order valence-corrected chi connectivity index (χ4v) is 4.45. The number of nitrogens with zero attached hydrogens (tertiary/aromatic N) is 3. The summed E-state index contributed by atoms with van der Waals surface area (Å²) in [5, 5.41) is 4.84. The van der Waals surface area contributed by atoms with E-state index in [1.165, 1.54) is 0 Å². The molecule has 0 saturated carbocycles. The Balaban J connectivity index is 1.61. The zero-order valence-corrected chi connectivity index (χ0v) is 17.6. The van der Waals surface area contributed by atoms with Crippen LogP contribution in [0.5, 0.6) is 0 Å². The predicted octanol–water partition coefficient (Wildman–Crippen LogP) is 5.29. The van der Waals surface area contributed by atoms with Gasteiger partial charge >= 0.3 is 0 Å². The van der Waals surface area contributed by atoms with Crippen LogP contribution in [0.1, 0.15) is 29.2 Å². The van der Waals surface area contributed by atoms with Crippen molar-refractivity contribution in [2.45, 2.75) is 18.6 Å². The van der Waals surface area contributed by atoms with E-state index in [4.69, 9.17) is 28.2 Å². The zero-order chi connectivity index (χ0) is 20.5. The van der Waals surface area contributed by atoms with E-state index in [1.807, 2.05) is 73.1 Å². The summed E-state index contributed by atoms with van der Waals surface area (Å²) in [6, 6.07) is 21.6. The molecule has 1 fully saturated rings. The molecule has 3 aromatic heterocycles. The normalized spacial score (nSPS) is 18.6. The van der Waals surface area contributed by atoms with Crippen LogP contribution >= 0.6 is 23.8 Å². The molecule has 0 radical (unpaired) electrons. The number of halogens is 1. The van der Waals surface area contributed by atoms with Crippen molar-refractivity contribution in [2.24, 2.45) is 0 Å². The second kappa shape index (κ2) is 7.97. The van der Waals surface area contributed by atoms with Gasteiger partial charge in [-0.25, -0.2) is 0 Å². The Morgan fingerprint density at radius 1 is 1.07 bits per heavy atom. The van der Waals surface area contributed by atoms with Gasteiger partial charge < -0.3 is 19.2 Å². The Hall–Kier alpha value is -3.09. The van der Waals surface area contributed by atoms with Crippen LogP contribution in [-0.4, -0.2) is 19.6 Å². The van der Waals surface area contributed by atoms with Crippen molar-refractivity contribution < 1.29 is 4.42 Å². The van der Waals surface area contributed by atoms with Crippen LogP contribution in [0.25, 0.3) is 5.69 Å². The molecule has 5 rings (SSSR count). The molecule has 5 nitrogen and oxygen atoms in total. The van der Waals surface area contributed by atoms with Crippen LogP contribution in [0.4, 0.5) is 0 Å². The van der Waals surface area contributed by atoms with Crippen LogP contribution in [0, 0.1) is 0 Å². The van der Waals surface area contributed by atoms with Crippen molar-refractivity contribution in [3.63, 3.8) is 0 Å². The summed E-state index contributed by atoms with van der Waals surface area (Å²) >= 11 is 12.0. The van der Waals surface area contributed by atoms with E-state index in [2.05, 4.69) is 25.8 Å². The quantitative estimate of drug-likeness (QED) is 0.432. The maximum absolute atomic E-state index is 6.27. The SMILES string of the molecule is S=C1NC(c2ccccn2)C(c2cccn2-c2cccc(Cl)c2)N1Cc1ccco1. The minimum atomic E-state index is -0.0958. The number of pyridine rings is 1. The summed E-state index contributed by atoms with van der Waals surface area (Å²) in [5.74, 6) is 0.853. The first-order valence-corrected chi connectivity index (χ1v) is 10.4. The lowest BCUT2D eigenvalue weighted by atomic mass is 10.0. The Bertz CT molecular complexity index is 1160. The molecule has 1 saturated heterocycles. The minimum absolute atomic E-state index is 0.0773. The van der Waals surface area contributed by atoms with Gasteiger partial charge in [0.2, 0.25) is 0 Å². The van der Waals surface area contributed by atoms with Crippen LogP contribution in [0.15, 0.2) is 89.8 Å². The van der Waals surface area contributed by atoms with Crippen LogP contribution in [0.3, 0.4) is 0 Å². The third-order valence-electron chi connectivity index (χ3n) is 5.27. The van der Waals surface area contributed by atoms with Gasteiger partial charge in [0.15, 0.2) is 5.11 Å². The second-order valence-electron chi connectivity index (χ2n) is 7.12. The first kappa shape index (κ1) is 18.9. The maximum atomic E-state index is 6.27. The number of nitrogens with one attached hydrogen (secondary N) is 1. The average molecular weight is 435 g/mol. The number of hydrogen-bond acceptors (Lipinski definition) is 3. The van der Waals surface area contributed by atoms with Crippen molar-refractivity contribution in [1.29, 1.82) is 0 Å². The molecule has 150 valence electrons. The van der Waals surface area contributed by atoms with E-state index in [-0.39, 0.29) is 12.1 Å². The van der Waals surface area contributed by atoms with Crippen molar-refractivity contribution in [3.8, 4) is 5.69 Å². The van der Waals surface area contributed by atoms with E-state index in [0.717, 1.165) is 22.8 Å². The van der Waals surface area contributed by atoms with Gasteiger partial charge in [0.25, 0.3) is 0 Å². The molecule has 1 aromatic carbocycles. The summed E-state index contributed by atoms with van der Waals surface area (Å²) in [4.78, 5) is 6.76. The first-order valence-electron chi connectivity index (χ1n) is 9.64. The van der Waals surface area contributed by atoms with Gasteiger partial charge in [-0.15, -0.1) is 0 Å². The Morgan fingerprint density at radius 2 is 2.00 bits per heavy atom. The lowest BCUT2D eigenvalue weighted by Gasteiger charge is -2.28. The summed E-state index contributed by atoms with van der Waals surface area (Å²) < 4.78 is 7.76. The lowest BCUT2D eigenvalue weighted by Crippen LogP contribution is -2.29. The summed E-state index contributed by atoms with van der Waals surface area (Å²) in [7, 11) is 0. The molecule has 0 aliphatic carbocycles. The second-order valence-corrected chi connectivity index (χ2v) is 7.94. The molecule has 2 unspecified atom stereocenters. The highest BCUT2D eigenvalue weighted by atomic mass is 35.5. The maximum Gasteiger partial charge on any atom is 0.170 e. The molecule has 2 atom stereocenters. The van der Waals surface area contributed by atoms with Gasteiger partial charge in [0.05, 0.1) is 30.6 Å². The van der Waals surface area contributed by atoms with Gasteiger partial charge in [0, 0.05) is 28.8 Å². The molecule has 7 heteroatoms. The van der Waals surface area contributed by atoms with Gasteiger partial charge in [0.1, 0.15) is 5.76 Å². The highest BCUT2D eigenvalue weighted by Gasteiger charge is 2.41. The van der Waals surface area contributed by atoms with Crippen LogP contribution in [0.2, 0.25) is 5.02 Å². The topological polar surface area (TPSA) is 46.2 Å². The van der Waals surface area contributed by atoms with Gasteiger partial charge in [-0.05, 0) is 66.8 Å². The molecular formula is C23H19ClN4OS. The molecule has 0 bridgehead atoms. The fourth-order valence-electron chi connectivity index (χ4n) is 3.96. The van der Waals surface area contributed by atoms with Crippen molar-refractivity contribution in [3.05, 3.63) is 108 Å². The minimum Gasteiger partial charge on any atom is -0.467 e. The Labute approximate surface area is 184 Å². The molecule has 1 aliphatic rings. The summed E-state index contributed by atoms with van der Waals surface area (Å²) in [6.45, 7) is 0.563. The molecule has 4 aromatic rings. The van der Waals surface area contributed by atoms with Crippen LogP contribution < -0.4 is 5.32 Å². The van der Waals surface area contributed by atoms with E-state index in [0.29, 0.717) is 16.7 Å². The highest BCUT2D eigenvalue weighted by molar-refractivity contribution is 7.80. The summed E-state index contributed by atoms with van der Waals surface area (Å²) in [5.41, 5.74) is 3.02. The van der Waals surface area contributed by atoms with Gasteiger partial charge in [-0.3, -0.25) is 4.98 Å². The van der Waals surface area contributed by atoms with Crippen molar-refractivity contribution in [2.75, 3.05) is 0 Å². The largest absolute Gasteiger partial charge is 0.467 e. The predicted molar refractivity (Wildman–Crippen MR) is 120 cm³/mol. The number of furan rings is 1. The highest BCUT2D eigenvalue weighted by Crippen LogP contribution is 2.40. The van der Waals surface area contributed by atoms with E-state index < -0.39 is 0 Å². The van der Waals surface area contributed by atoms with Crippen LogP contribution in [-0.2, 0) is 6.54 Å². The monoisotopic (exact) mass is 434 g/mol. The number of hydrogen-bond donors (Lipinski definition) is 1. The fraction of sp³-hybridized carbons (Fsp3) is 0.130. The first-order chi connectivity index (χ1) is 14.7. The number of thiocarbonyl (C=S) groups is 1. The average Bonchev–Trinajstić information content (AvgIpc) is 3.50. The number of rotatable bonds is 5. The van der Waals surface area contributed by atoms with Gasteiger partial charge in [-0.1, -0.05) is 23.7 Å². The zero-order valence-electron chi connectivity index (χ0n) is 16.0. The Kier molecular flexibility index (Phi) is 5.02. The Morgan fingerprint density at radius 3 is 2.77 bits per heavy atom. The molecule has 0 spiro atoms. The smallest absolute Gasteiger partial charge is 0.170 e. The number of aromatic nitrogens is 2. The van der Waals surface area contributed by atoms with Gasteiger partial charge in [-0.2, -0.15) is 0 Å². The molecule has 0 amide bonds. The van der Waals surface area contributed by atoms with E-state index in [9.17, 15) is 0 Å². The number of benzene rings is 1. The molecular weight excluding hydrogens is 416 g/mol. The standard InChI is InChI=1S/C23H19ClN4OS/c24-16-6-3-7-17(14-16)27-12-4-10-20(27)22-21(19-9-1-2-11-25-19)26-23(30)28(22)15-18-8-5-13-29-18/h1-14,21-22H,15H2,(H,26,30). The van der Waals surface area contributed by atoms with Crippen molar-refractivity contribution in [1.82, 2.24) is 19.8 Å². The third-order valence-corrected chi connectivity index (χ3v) is 5.86. The van der Waals surface area contributed by atoms with Crippen molar-refractivity contribution >= 4 is 28.9 Å². The van der Waals surface area contributed by atoms with E-state index in [1.54, 1.807) is 6.26 Å². The van der Waals surface area contributed by atoms with E-state index >= 15 is 0 Å². The third kappa shape index (κ3) is 3.49. The summed E-state index contributed by atoms with van der Waals surface area (Å²) in [6.07, 6.45) is 5.53. The molecule has 1 aliphatic heterocycles. The molecule has 30 heavy (non-hydrogen) atoms. The molecule has 1 N–H and O–H groups in total. The molecule has 4 heterocycles. The lowest BCUT2D eigenvalue weighted by molar-refractivity contribution is 0.280.